The van der Waals surface area contributed by atoms with Gasteiger partial charge < -0.3 is 14.5 Å². The van der Waals surface area contributed by atoms with Gasteiger partial charge in [-0.3, -0.25) is 0 Å². The first kappa shape index (κ1) is 11.8. The molecule has 0 aliphatic heterocycles. The van der Waals surface area contributed by atoms with Gasteiger partial charge >= 0.3 is 0 Å². The molecule has 2 rings (SSSR count). The van der Waals surface area contributed by atoms with Crippen LogP contribution in [-0.4, -0.2) is 18.6 Å². The van der Waals surface area contributed by atoms with Crippen molar-refractivity contribution in [2.45, 2.75) is 6.92 Å². The minimum absolute atomic E-state index is 0.477. The number of hydrogen-bond donors (Lipinski definition) is 1. The number of nitrogens with zero attached hydrogens (tertiary/aromatic N) is 1. The lowest BCUT2D eigenvalue weighted by Gasteiger charge is -2.06. The molecule has 0 bridgehead atoms. The van der Waals surface area contributed by atoms with Crippen molar-refractivity contribution in [1.29, 1.82) is 0 Å². The molecule has 0 spiro atoms. The monoisotopic (exact) mass is 252 g/mol. The van der Waals surface area contributed by atoms with Gasteiger partial charge in [-0.15, -0.1) is 0 Å². The van der Waals surface area contributed by atoms with Crippen molar-refractivity contribution in [3.05, 3.63) is 29.5 Å². The number of halogens is 1. The van der Waals surface area contributed by atoms with E-state index in [1.165, 1.54) is 0 Å². The summed E-state index contributed by atoms with van der Waals surface area (Å²) in [4.78, 5) is 4.24. The van der Waals surface area contributed by atoms with Crippen molar-refractivity contribution in [2.24, 2.45) is 0 Å². The second-order valence-corrected chi connectivity index (χ2v) is 3.77. The molecule has 0 aliphatic rings. The molecular formula is C12H13ClN2O2. The van der Waals surface area contributed by atoms with Crippen molar-refractivity contribution in [3.8, 4) is 17.0 Å². The summed E-state index contributed by atoms with van der Waals surface area (Å²) < 4.78 is 10.6. The molecule has 1 N–H and O–H groups in total. The third-order valence-electron chi connectivity index (χ3n) is 2.25. The molecule has 0 aliphatic carbocycles. The smallest absolute Gasteiger partial charge is 0.294 e. The minimum Gasteiger partial charge on any atom is -0.492 e. The van der Waals surface area contributed by atoms with E-state index >= 15 is 0 Å². The van der Waals surface area contributed by atoms with E-state index in [-0.39, 0.29) is 0 Å². The molecule has 0 saturated carbocycles. The van der Waals surface area contributed by atoms with Gasteiger partial charge in [0.15, 0.2) is 0 Å². The molecule has 4 nitrogen and oxygen atoms in total. The quantitative estimate of drug-likeness (QED) is 0.906. The lowest BCUT2D eigenvalue weighted by Crippen LogP contribution is -1.92. The van der Waals surface area contributed by atoms with Crippen LogP contribution in [-0.2, 0) is 0 Å². The van der Waals surface area contributed by atoms with Crippen LogP contribution in [0.5, 0.6) is 5.75 Å². The maximum absolute atomic E-state index is 6.10. The second-order valence-electron chi connectivity index (χ2n) is 3.37. The predicted octanol–water partition coefficient (Wildman–Crippen LogP) is 3.44. The molecule has 0 saturated heterocycles. The first-order valence-corrected chi connectivity index (χ1v) is 5.68. The van der Waals surface area contributed by atoms with Crippen LogP contribution in [0.3, 0.4) is 0 Å². The number of oxazole rings is 1. The third-order valence-corrected chi connectivity index (χ3v) is 2.54. The second kappa shape index (κ2) is 5.10. The fourth-order valence-electron chi connectivity index (χ4n) is 1.45. The number of anilines is 1. The van der Waals surface area contributed by atoms with Gasteiger partial charge in [0.1, 0.15) is 17.7 Å². The van der Waals surface area contributed by atoms with Crippen molar-refractivity contribution < 1.29 is 9.15 Å². The van der Waals surface area contributed by atoms with Gasteiger partial charge in [-0.25, -0.2) is 0 Å². The summed E-state index contributed by atoms with van der Waals surface area (Å²) in [5, 5.41) is 3.40. The molecular weight excluding hydrogens is 240 g/mol. The highest BCUT2D eigenvalue weighted by Gasteiger charge is 2.08. The highest BCUT2D eigenvalue weighted by atomic mass is 35.5. The normalized spacial score (nSPS) is 10.3. The summed E-state index contributed by atoms with van der Waals surface area (Å²) in [5.74, 6) is 0.676. The number of benzene rings is 1. The first-order chi connectivity index (χ1) is 8.24. The predicted molar refractivity (Wildman–Crippen MR) is 67.7 cm³/mol. The molecule has 0 atom stereocenters. The number of nitrogens with one attached hydrogen (secondary N) is 1. The van der Waals surface area contributed by atoms with Crippen LogP contribution >= 0.6 is 11.6 Å². The van der Waals surface area contributed by atoms with E-state index in [1.54, 1.807) is 13.3 Å². The van der Waals surface area contributed by atoms with Gasteiger partial charge in [-0.05, 0) is 25.1 Å². The van der Waals surface area contributed by atoms with Crippen LogP contribution < -0.4 is 10.1 Å². The van der Waals surface area contributed by atoms with E-state index in [4.69, 9.17) is 20.8 Å². The molecule has 2 aromatic rings. The zero-order valence-electron chi connectivity index (χ0n) is 9.66. The summed E-state index contributed by atoms with van der Waals surface area (Å²) in [7, 11) is 1.75. The third kappa shape index (κ3) is 2.53. The van der Waals surface area contributed by atoms with Crippen LogP contribution in [0, 0.1) is 0 Å². The molecule has 0 radical (unpaired) electrons. The highest BCUT2D eigenvalue weighted by Crippen LogP contribution is 2.30. The Labute approximate surface area is 105 Å². The summed E-state index contributed by atoms with van der Waals surface area (Å²) >= 11 is 6.10. The first-order valence-electron chi connectivity index (χ1n) is 5.30. The Hall–Kier alpha value is -1.68. The van der Waals surface area contributed by atoms with E-state index in [0.717, 1.165) is 11.3 Å². The van der Waals surface area contributed by atoms with Gasteiger partial charge in [0.05, 0.1) is 11.6 Å². The Morgan fingerprint density at radius 1 is 1.47 bits per heavy atom. The Bertz CT molecular complexity index is 511. The van der Waals surface area contributed by atoms with E-state index < -0.39 is 0 Å². The van der Waals surface area contributed by atoms with E-state index in [9.17, 15) is 0 Å². The zero-order valence-corrected chi connectivity index (χ0v) is 10.4. The van der Waals surface area contributed by atoms with Gasteiger partial charge in [0.25, 0.3) is 6.01 Å². The molecule has 17 heavy (non-hydrogen) atoms. The topological polar surface area (TPSA) is 47.3 Å². The number of aromatic nitrogens is 1. The molecule has 0 fully saturated rings. The van der Waals surface area contributed by atoms with E-state index in [2.05, 4.69) is 10.3 Å². The van der Waals surface area contributed by atoms with Crippen LogP contribution in [0.4, 0.5) is 6.01 Å². The van der Waals surface area contributed by atoms with Gasteiger partial charge in [0, 0.05) is 12.6 Å². The Balaban J connectivity index is 2.30. The summed E-state index contributed by atoms with van der Waals surface area (Å²) in [5.41, 5.74) is 1.63. The Morgan fingerprint density at radius 2 is 2.29 bits per heavy atom. The Morgan fingerprint density at radius 3 is 2.88 bits per heavy atom. The average molecular weight is 253 g/mol. The molecule has 1 aromatic heterocycles. The maximum Gasteiger partial charge on any atom is 0.294 e. The van der Waals surface area contributed by atoms with Crippen molar-refractivity contribution in [2.75, 3.05) is 19.0 Å². The van der Waals surface area contributed by atoms with Crippen LogP contribution in [0.2, 0.25) is 5.02 Å². The molecule has 0 unspecified atom stereocenters. The lowest BCUT2D eigenvalue weighted by molar-refractivity contribution is 0.340. The van der Waals surface area contributed by atoms with Crippen LogP contribution in [0.15, 0.2) is 28.9 Å². The largest absolute Gasteiger partial charge is 0.492 e. The van der Waals surface area contributed by atoms with Gasteiger partial charge in [0.2, 0.25) is 0 Å². The number of ether oxygens (including phenoxy) is 1. The lowest BCUT2D eigenvalue weighted by atomic mass is 10.2. The summed E-state index contributed by atoms with van der Waals surface area (Å²) in [6.07, 6.45) is 1.58. The summed E-state index contributed by atoms with van der Waals surface area (Å²) in [6, 6.07) is 6.01. The SMILES string of the molecule is CCOc1ccc(-c2coc(NC)n2)cc1Cl. The standard InChI is InChI=1S/C12H13ClN2O2/c1-3-16-11-5-4-8(6-9(11)13)10-7-17-12(14-2)15-10/h4-7H,3H2,1-2H3,(H,14,15). The molecule has 1 heterocycles. The number of rotatable bonds is 4. The molecule has 5 heteroatoms. The Kier molecular flexibility index (Phi) is 3.54. The van der Waals surface area contributed by atoms with Gasteiger partial charge in [-0.2, -0.15) is 4.98 Å². The molecule has 0 amide bonds. The van der Waals surface area contributed by atoms with Crippen molar-refractivity contribution in [3.63, 3.8) is 0 Å². The minimum atomic E-state index is 0.477. The maximum atomic E-state index is 6.10. The average Bonchev–Trinajstić information content (AvgIpc) is 2.80. The highest BCUT2D eigenvalue weighted by molar-refractivity contribution is 6.32. The van der Waals surface area contributed by atoms with E-state index in [0.29, 0.717) is 23.4 Å². The molecule has 90 valence electrons. The van der Waals surface area contributed by atoms with Crippen molar-refractivity contribution >= 4 is 17.6 Å². The van der Waals surface area contributed by atoms with Gasteiger partial charge in [-0.1, -0.05) is 11.6 Å². The van der Waals surface area contributed by atoms with Crippen LogP contribution in [0.1, 0.15) is 6.92 Å². The number of hydrogen-bond acceptors (Lipinski definition) is 4. The molecule has 1 aromatic carbocycles. The fourth-order valence-corrected chi connectivity index (χ4v) is 1.69. The van der Waals surface area contributed by atoms with E-state index in [1.807, 2.05) is 25.1 Å². The fraction of sp³-hybridized carbons (Fsp3) is 0.250. The summed E-state index contributed by atoms with van der Waals surface area (Å²) in [6.45, 7) is 2.51. The zero-order chi connectivity index (χ0) is 12.3. The van der Waals surface area contributed by atoms with Crippen molar-refractivity contribution in [1.82, 2.24) is 4.98 Å². The van der Waals surface area contributed by atoms with Crippen LogP contribution in [0.25, 0.3) is 11.3 Å².